The SMILES string of the molecule is O=C(NCC[C@H]1CCCO1)c1ccc(C2SCCS2)cc1. The average molecular weight is 323 g/mol. The van der Waals surface area contributed by atoms with Crippen LogP contribution in [0.1, 0.15) is 39.8 Å². The number of nitrogens with one attached hydrogen (secondary N) is 1. The van der Waals surface area contributed by atoms with E-state index in [4.69, 9.17) is 4.74 Å². The summed E-state index contributed by atoms with van der Waals surface area (Å²) in [6.07, 6.45) is 3.53. The summed E-state index contributed by atoms with van der Waals surface area (Å²) in [5, 5.41) is 2.99. The van der Waals surface area contributed by atoms with Crippen LogP contribution in [0.5, 0.6) is 0 Å². The largest absolute Gasteiger partial charge is 0.378 e. The highest BCUT2D eigenvalue weighted by molar-refractivity contribution is 8.19. The fourth-order valence-electron chi connectivity index (χ4n) is 2.66. The molecule has 0 saturated carbocycles. The summed E-state index contributed by atoms with van der Waals surface area (Å²) in [5.41, 5.74) is 2.07. The van der Waals surface area contributed by atoms with E-state index >= 15 is 0 Å². The van der Waals surface area contributed by atoms with E-state index in [9.17, 15) is 4.79 Å². The van der Waals surface area contributed by atoms with Crippen molar-refractivity contribution in [1.29, 1.82) is 0 Å². The molecule has 0 radical (unpaired) electrons. The van der Waals surface area contributed by atoms with Gasteiger partial charge in [0.25, 0.3) is 5.91 Å². The molecule has 2 aliphatic heterocycles. The maximum absolute atomic E-state index is 12.1. The summed E-state index contributed by atoms with van der Waals surface area (Å²) in [6, 6.07) is 8.06. The van der Waals surface area contributed by atoms with Crippen molar-refractivity contribution in [2.75, 3.05) is 24.7 Å². The first kappa shape index (κ1) is 15.3. The Morgan fingerprint density at radius 3 is 2.67 bits per heavy atom. The number of hydrogen-bond acceptors (Lipinski definition) is 4. The number of thioether (sulfide) groups is 2. The van der Waals surface area contributed by atoms with Gasteiger partial charge < -0.3 is 10.1 Å². The minimum absolute atomic E-state index is 0.0197. The maximum atomic E-state index is 12.1. The molecule has 1 aromatic rings. The van der Waals surface area contributed by atoms with Gasteiger partial charge in [0.15, 0.2) is 0 Å². The second-order valence-corrected chi connectivity index (χ2v) is 8.10. The number of carbonyl (C=O) groups excluding carboxylic acids is 1. The van der Waals surface area contributed by atoms with Gasteiger partial charge in [-0.3, -0.25) is 4.79 Å². The van der Waals surface area contributed by atoms with E-state index in [0.29, 0.717) is 17.2 Å². The molecular weight excluding hydrogens is 302 g/mol. The number of rotatable bonds is 5. The molecule has 0 bridgehead atoms. The van der Waals surface area contributed by atoms with E-state index in [1.165, 1.54) is 17.1 Å². The smallest absolute Gasteiger partial charge is 0.251 e. The zero-order valence-electron chi connectivity index (χ0n) is 12.0. The van der Waals surface area contributed by atoms with Gasteiger partial charge in [-0.05, 0) is 37.0 Å². The molecule has 1 amide bonds. The van der Waals surface area contributed by atoms with Gasteiger partial charge in [0.05, 0.1) is 10.7 Å². The molecule has 0 unspecified atom stereocenters. The van der Waals surface area contributed by atoms with Crippen LogP contribution < -0.4 is 5.32 Å². The van der Waals surface area contributed by atoms with Gasteiger partial charge in [-0.25, -0.2) is 0 Å². The van der Waals surface area contributed by atoms with Crippen molar-refractivity contribution in [2.24, 2.45) is 0 Å². The summed E-state index contributed by atoms with van der Waals surface area (Å²) >= 11 is 3.97. The lowest BCUT2D eigenvalue weighted by Gasteiger charge is -2.11. The molecule has 0 aliphatic carbocycles. The summed E-state index contributed by atoms with van der Waals surface area (Å²) in [5.74, 6) is 2.47. The molecule has 0 aromatic heterocycles. The monoisotopic (exact) mass is 323 g/mol. The van der Waals surface area contributed by atoms with Gasteiger partial charge in [0.2, 0.25) is 0 Å². The van der Waals surface area contributed by atoms with E-state index in [0.717, 1.165) is 31.4 Å². The number of ether oxygens (including phenoxy) is 1. The Kier molecular flexibility index (Phi) is 5.49. The molecule has 21 heavy (non-hydrogen) atoms. The Bertz CT molecular complexity index is 466. The molecule has 2 heterocycles. The van der Waals surface area contributed by atoms with E-state index in [2.05, 4.69) is 17.4 Å². The van der Waals surface area contributed by atoms with E-state index in [1.807, 2.05) is 35.7 Å². The van der Waals surface area contributed by atoms with Crippen molar-refractivity contribution in [3.63, 3.8) is 0 Å². The molecule has 5 heteroatoms. The van der Waals surface area contributed by atoms with Crippen molar-refractivity contribution in [3.8, 4) is 0 Å². The van der Waals surface area contributed by atoms with Gasteiger partial charge in [0.1, 0.15) is 0 Å². The van der Waals surface area contributed by atoms with Crippen LogP contribution in [0.3, 0.4) is 0 Å². The first-order valence-electron chi connectivity index (χ1n) is 7.56. The normalized spacial score (nSPS) is 22.6. The quantitative estimate of drug-likeness (QED) is 0.900. The molecule has 3 nitrogen and oxygen atoms in total. The average Bonchev–Trinajstić information content (AvgIpc) is 3.21. The van der Waals surface area contributed by atoms with Crippen LogP contribution in [0.15, 0.2) is 24.3 Å². The van der Waals surface area contributed by atoms with Crippen LogP contribution >= 0.6 is 23.5 Å². The molecule has 2 fully saturated rings. The number of hydrogen-bond donors (Lipinski definition) is 1. The van der Waals surface area contributed by atoms with Crippen LogP contribution in [-0.2, 0) is 4.74 Å². The lowest BCUT2D eigenvalue weighted by molar-refractivity contribution is 0.0907. The van der Waals surface area contributed by atoms with Gasteiger partial charge >= 0.3 is 0 Å². The molecule has 1 aromatic carbocycles. The fraction of sp³-hybridized carbons (Fsp3) is 0.562. The number of amides is 1. The molecule has 2 aliphatic rings. The predicted octanol–water partition coefficient (Wildman–Crippen LogP) is 3.46. The molecule has 2 saturated heterocycles. The topological polar surface area (TPSA) is 38.3 Å². The highest BCUT2D eigenvalue weighted by Gasteiger charge is 2.19. The first-order valence-corrected chi connectivity index (χ1v) is 9.65. The predicted molar refractivity (Wildman–Crippen MR) is 90.0 cm³/mol. The van der Waals surface area contributed by atoms with Crippen molar-refractivity contribution in [3.05, 3.63) is 35.4 Å². The van der Waals surface area contributed by atoms with Crippen LogP contribution in [0, 0.1) is 0 Å². The third-order valence-electron chi connectivity index (χ3n) is 3.84. The Hall–Kier alpha value is -0.650. The van der Waals surface area contributed by atoms with Gasteiger partial charge in [-0.15, -0.1) is 23.5 Å². The summed E-state index contributed by atoms with van der Waals surface area (Å²) in [4.78, 5) is 12.1. The molecule has 1 atom stereocenters. The minimum Gasteiger partial charge on any atom is -0.378 e. The second kappa shape index (κ2) is 7.56. The van der Waals surface area contributed by atoms with E-state index < -0.39 is 0 Å². The van der Waals surface area contributed by atoms with Crippen LogP contribution in [0.2, 0.25) is 0 Å². The zero-order chi connectivity index (χ0) is 14.5. The van der Waals surface area contributed by atoms with Crippen molar-refractivity contribution >= 4 is 29.4 Å². The standard InChI is InChI=1S/C16H21NO2S2/c18-15(17-8-7-14-2-1-9-19-14)12-3-5-13(6-4-12)16-20-10-11-21-16/h3-6,14,16H,1-2,7-11H2,(H,17,18)/t14-/m1/s1. The van der Waals surface area contributed by atoms with Crippen LogP contribution in [0.25, 0.3) is 0 Å². The summed E-state index contributed by atoms with van der Waals surface area (Å²) < 4.78 is 6.10. The number of carbonyl (C=O) groups is 1. The third-order valence-corrected chi connectivity index (χ3v) is 6.95. The molecule has 114 valence electrons. The van der Waals surface area contributed by atoms with Gasteiger partial charge in [0, 0.05) is 30.2 Å². The minimum atomic E-state index is 0.0197. The molecular formula is C16H21NO2S2. The second-order valence-electron chi connectivity index (χ2n) is 5.38. The number of benzene rings is 1. The van der Waals surface area contributed by atoms with Crippen molar-refractivity contribution in [1.82, 2.24) is 5.32 Å². The molecule has 3 rings (SSSR count). The Balaban J connectivity index is 1.47. The van der Waals surface area contributed by atoms with Gasteiger partial charge in [-0.2, -0.15) is 0 Å². The van der Waals surface area contributed by atoms with Crippen LogP contribution in [0.4, 0.5) is 0 Å². The third kappa shape index (κ3) is 4.18. The first-order chi connectivity index (χ1) is 10.3. The lowest BCUT2D eigenvalue weighted by atomic mass is 10.1. The van der Waals surface area contributed by atoms with Crippen molar-refractivity contribution < 1.29 is 9.53 Å². The molecule has 1 N–H and O–H groups in total. The zero-order valence-corrected chi connectivity index (χ0v) is 13.7. The molecule has 0 spiro atoms. The van der Waals surface area contributed by atoms with E-state index in [-0.39, 0.29) is 5.91 Å². The van der Waals surface area contributed by atoms with Crippen molar-refractivity contribution in [2.45, 2.75) is 29.9 Å². The highest BCUT2D eigenvalue weighted by Crippen LogP contribution is 2.45. The van der Waals surface area contributed by atoms with E-state index in [1.54, 1.807) is 0 Å². The lowest BCUT2D eigenvalue weighted by Crippen LogP contribution is -2.27. The Labute approximate surface area is 134 Å². The Morgan fingerprint density at radius 2 is 2.00 bits per heavy atom. The Morgan fingerprint density at radius 1 is 1.24 bits per heavy atom. The fourth-order valence-corrected chi connectivity index (χ4v) is 5.52. The summed E-state index contributed by atoms with van der Waals surface area (Å²) in [6.45, 7) is 1.57. The highest BCUT2D eigenvalue weighted by atomic mass is 32.2. The summed E-state index contributed by atoms with van der Waals surface area (Å²) in [7, 11) is 0. The van der Waals surface area contributed by atoms with Gasteiger partial charge in [-0.1, -0.05) is 12.1 Å². The maximum Gasteiger partial charge on any atom is 0.251 e. The van der Waals surface area contributed by atoms with Crippen LogP contribution in [-0.4, -0.2) is 36.7 Å².